The van der Waals surface area contributed by atoms with Crippen LogP contribution in [0.4, 0.5) is 4.79 Å². The van der Waals surface area contributed by atoms with Gasteiger partial charge in [-0.1, -0.05) is 0 Å². The molecule has 1 aliphatic heterocycles. The fourth-order valence-electron chi connectivity index (χ4n) is 2.97. The molecule has 150 valence electrons. The lowest BCUT2D eigenvalue weighted by Crippen LogP contribution is -2.40. The lowest BCUT2D eigenvalue weighted by molar-refractivity contribution is 0.0219. The molecule has 0 atom stereocenters. The van der Waals surface area contributed by atoms with Gasteiger partial charge in [-0.2, -0.15) is 5.10 Å². The van der Waals surface area contributed by atoms with Crippen LogP contribution in [0.1, 0.15) is 49.4 Å². The molecule has 2 aromatic rings. The first kappa shape index (κ1) is 20.3. The molecule has 0 aromatic carbocycles. The summed E-state index contributed by atoms with van der Waals surface area (Å²) in [6, 6.07) is 3.67. The van der Waals surface area contributed by atoms with Gasteiger partial charge in [-0.15, -0.1) is 0 Å². The van der Waals surface area contributed by atoms with Gasteiger partial charge in [-0.3, -0.25) is 0 Å². The fourth-order valence-corrected chi connectivity index (χ4v) is 3.21. The molecular formula is C19H23BrN4O4. The maximum absolute atomic E-state index is 12.5. The summed E-state index contributed by atoms with van der Waals surface area (Å²) in [6.07, 6.45) is 1.80. The molecule has 0 fully saturated rings. The average molecular weight is 451 g/mol. The van der Waals surface area contributed by atoms with Crippen molar-refractivity contribution in [3.05, 3.63) is 39.9 Å². The Labute approximate surface area is 172 Å². The molecule has 0 bridgehead atoms. The summed E-state index contributed by atoms with van der Waals surface area (Å²) >= 11 is 3.32. The van der Waals surface area contributed by atoms with Crippen LogP contribution in [0.5, 0.6) is 0 Å². The number of aromatic nitrogens is 3. The van der Waals surface area contributed by atoms with Crippen LogP contribution in [0.15, 0.2) is 22.9 Å². The molecule has 0 aliphatic carbocycles. The molecule has 0 radical (unpaired) electrons. The standard InChI is InChI=1S/C19H23BrN4O4/c1-5-27-17(25)16-13-11-23(18(26)28-19(2,3)4)9-8-14(13)24(22-16)12-6-7-15(20)21-10-12/h6-7,10H,5,8-9,11H2,1-4H3. The van der Waals surface area contributed by atoms with Gasteiger partial charge >= 0.3 is 12.1 Å². The Balaban J connectivity index is 1.98. The van der Waals surface area contributed by atoms with E-state index in [-0.39, 0.29) is 18.8 Å². The van der Waals surface area contributed by atoms with E-state index in [0.717, 1.165) is 11.4 Å². The van der Waals surface area contributed by atoms with Crippen LogP contribution in [0, 0.1) is 0 Å². The predicted octanol–water partition coefficient (Wildman–Crippen LogP) is 3.50. The van der Waals surface area contributed by atoms with Crippen molar-refractivity contribution in [1.82, 2.24) is 19.7 Å². The molecule has 0 spiro atoms. The van der Waals surface area contributed by atoms with Crippen molar-refractivity contribution < 1.29 is 19.1 Å². The van der Waals surface area contributed by atoms with E-state index in [9.17, 15) is 9.59 Å². The average Bonchev–Trinajstić information content (AvgIpc) is 3.00. The quantitative estimate of drug-likeness (QED) is 0.525. The van der Waals surface area contributed by atoms with E-state index in [0.29, 0.717) is 23.1 Å². The summed E-state index contributed by atoms with van der Waals surface area (Å²) in [5.41, 5.74) is 1.91. The molecule has 0 unspecified atom stereocenters. The Kier molecular flexibility index (Phi) is 5.74. The number of carbonyl (C=O) groups excluding carboxylic acids is 2. The zero-order valence-corrected chi connectivity index (χ0v) is 17.9. The zero-order valence-electron chi connectivity index (χ0n) is 16.4. The van der Waals surface area contributed by atoms with Crippen LogP contribution < -0.4 is 0 Å². The van der Waals surface area contributed by atoms with E-state index < -0.39 is 17.7 Å². The molecule has 0 saturated carbocycles. The Hall–Kier alpha value is -2.42. The van der Waals surface area contributed by atoms with Gasteiger partial charge in [0.15, 0.2) is 5.69 Å². The third-order valence-electron chi connectivity index (χ3n) is 4.13. The van der Waals surface area contributed by atoms with Gasteiger partial charge in [0.05, 0.1) is 30.7 Å². The van der Waals surface area contributed by atoms with Crippen LogP contribution in [0.25, 0.3) is 5.69 Å². The van der Waals surface area contributed by atoms with E-state index in [4.69, 9.17) is 9.47 Å². The minimum absolute atomic E-state index is 0.216. The summed E-state index contributed by atoms with van der Waals surface area (Å²) in [7, 11) is 0. The van der Waals surface area contributed by atoms with Crippen LogP contribution in [-0.4, -0.2) is 50.5 Å². The topological polar surface area (TPSA) is 86.5 Å². The molecule has 1 aliphatic rings. The van der Waals surface area contributed by atoms with Gasteiger partial charge in [0.2, 0.25) is 0 Å². The van der Waals surface area contributed by atoms with Crippen molar-refractivity contribution >= 4 is 28.0 Å². The van der Waals surface area contributed by atoms with Crippen LogP contribution in [0.2, 0.25) is 0 Å². The van der Waals surface area contributed by atoms with Crippen molar-refractivity contribution in [2.24, 2.45) is 0 Å². The molecule has 0 N–H and O–H groups in total. The summed E-state index contributed by atoms with van der Waals surface area (Å²) in [5.74, 6) is -0.506. The second kappa shape index (κ2) is 7.90. The van der Waals surface area contributed by atoms with Gasteiger partial charge in [0.25, 0.3) is 0 Å². The van der Waals surface area contributed by atoms with E-state index in [2.05, 4.69) is 26.0 Å². The molecule has 9 heteroatoms. The van der Waals surface area contributed by atoms with Gasteiger partial charge in [0, 0.05) is 18.5 Å². The number of fused-ring (bicyclic) bond motifs is 1. The molecule has 8 nitrogen and oxygen atoms in total. The zero-order chi connectivity index (χ0) is 20.5. The first-order chi connectivity index (χ1) is 13.2. The number of hydrogen-bond donors (Lipinski definition) is 0. The Morgan fingerprint density at radius 3 is 2.64 bits per heavy atom. The van der Waals surface area contributed by atoms with Crippen LogP contribution in [0.3, 0.4) is 0 Å². The number of esters is 1. The van der Waals surface area contributed by atoms with E-state index in [1.165, 1.54) is 0 Å². The summed E-state index contributed by atoms with van der Waals surface area (Å²) in [5, 5.41) is 4.49. The smallest absolute Gasteiger partial charge is 0.410 e. The van der Waals surface area contributed by atoms with Crippen molar-refractivity contribution in [2.75, 3.05) is 13.2 Å². The highest BCUT2D eigenvalue weighted by atomic mass is 79.9. The maximum Gasteiger partial charge on any atom is 0.410 e. The Bertz CT molecular complexity index is 887. The van der Waals surface area contributed by atoms with Crippen molar-refractivity contribution in [2.45, 2.75) is 46.3 Å². The van der Waals surface area contributed by atoms with Crippen molar-refractivity contribution in [1.29, 1.82) is 0 Å². The highest BCUT2D eigenvalue weighted by Crippen LogP contribution is 2.27. The number of carbonyl (C=O) groups is 2. The van der Waals surface area contributed by atoms with Crippen molar-refractivity contribution in [3.8, 4) is 5.69 Å². The monoisotopic (exact) mass is 450 g/mol. The van der Waals surface area contributed by atoms with Gasteiger partial charge in [0.1, 0.15) is 10.2 Å². The second-order valence-electron chi connectivity index (χ2n) is 7.40. The largest absolute Gasteiger partial charge is 0.461 e. The van der Waals surface area contributed by atoms with E-state index in [1.54, 1.807) is 22.7 Å². The maximum atomic E-state index is 12.5. The Morgan fingerprint density at radius 2 is 2.04 bits per heavy atom. The second-order valence-corrected chi connectivity index (χ2v) is 8.21. The predicted molar refractivity (Wildman–Crippen MR) is 105 cm³/mol. The minimum Gasteiger partial charge on any atom is -0.461 e. The molecule has 28 heavy (non-hydrogen) atoms. The van der Waals surface area contributed by atoms with E-state index in [1.807, 2.05) is 32.9 Å². The highest BCUT2D eigenvalue weighted by molar-refractivity contribution is 9.10. The number of nitrogens with zero attached hydrogens (tertiary/aromatic N) is 4. The normalized spacial score (nSPS) is 13.8. The summed E-state index contributed by atoms with van der Waals surface area (Å²) in [4.78, 5) is 30.8. The SMILES string of the molecule is CCOC(=O)c1nn(-c2ccc(Br)nc2)c2c1CN(C(=O)OC(C)(C)C)CC2. The van der Waals surface area contributed by atoms with Crippen LogP contribution in [-0.2, 0) is 22.4 Å². The van der Waals surface area contributed by atoms with Gasteiger partial charge in [-0.25, -0.2) is 19.3 Å². The molecule has 2 aromatic heterocycles. The summed E-state index contributed by atoms with van der Waals surface area (Å²) in [6.45, 7) is 8.17. The third kappa shape index (κ3) is 4.35. The van der Waals surface area contributed by atoms with Crippen molar-refractivity contribution in [3.63, 3.8) is 0 Å². The Morgan fingerprint density at radius 1 is 1.29 bits per heavy atom. The minimum atomic E-state index is -0.589. The van der Waals surface area contributed by atoms with Gasteiger partial charge < -0.3 is 14.4 Å². The molecule has 3 rings (SSSR count). The fraction of sp³-hybridized carbons (Fsp3) is 0.474. The van der Waals surface area contributed by atoms with Gasteiger partial charge in [-0.05, 0) is 55.8 Å². The summed E-state index contributed by atoms with van der Waals surface area (Å²) < 4.78 is 13.0. The lowest BCUT2D eigenvalue weighted by atomic mass is 10.1. The molecular weight excluding hydrogens is 428 g/mol. The van der Waals surface area contributed by atoms with E-state index >= 15 is 0 Å². The lowest BCUT2D eigenvalue weighted by Gasteiger charge is -2.30. The van der Waals surface area contributed by atoms with Crippen LogP contribution >= 0.6 is 15.9 Å². The number of hydrogen-bond acceptors (Lipinski definition) is 6. The number of rotatable bonds is 3. The molecule has 3 heterocycles. The number of pyridine rings is 1. The first-order valence-corrected chi connectivity index (χ1v) is 9.86. The number of halogens is 1. The number of ether oxygens (including phenoxy) is 2. The highest BCUT2D eigenvalue weighted by Gasteiger charge is 2.33. The molecule has 1 amide bonds. The molecule has 0 saturated heterocycles. The third-order valence-corrected chi connectivity index (χ3v) is 4.60. The number of amides is 1. The first-order valence-electron chi connectivity index (χ1n) is 9.07.